The molecule has 3 aromatic rings. The van der Waals surface area contributed by atoms with Gasteiger partial charge in [-0.3, -0.25) is 9.59 Å². The molecular weight excluding hydrogens is 546 g/mol. The number of amides is 1. The number of carboxylic acid groups (broad SMARTS) is 2. The van der Waals surface area contributed by atoms with Gasteiger partial charge in [0.25, 0.3) is 0 Å². The summed E-state index contributed by atoms with van der Waals surface area (Å²) in [4.78, 5) is 35.4. The van der Waals surface area contributed by atoms with Gasteiger partial charge in [-0.05, 0) is 48.2 Å². The Labute approximate surface area is 242 Å². The highest BCUT2D eigenvalue weighted by Gasteiger charge is 2.32. The predicted octanol–water partition coefficient (Wildman–Crippen LogP) is 5.80. The maximum Gasteiger partial charge on any atom is 0.336 e. The van der Waals surface area contributed by atoms with Crippen LogP contribution in [0.4, 0.5) is 5.69 Å². The third-order valence-corrected chi connectivity index (χ3v) is 7.85. The topological polar surface area (TPSA) is 142 Å². The monoisotopic (exact) mass is 579 g/mol. The number of thioether (sulfide) groups is 1. The predicted molar refractivity (Wildman–Crippen MR) is 154 cm³/mol. The van der Waals surface area contributed by atoms with Crippen molar-refractivity contribution in [3.05, 3.63) is 95.1 Å². The first-order valence-corrected chi connectivity index (χ1v) is 14.4. The lowest BCUT2D eigenvalue weighted by atomic mass is 10.0. The number of ether oxygens (including phenoxy) is 2. The number of benzene rings is 3. The molecule has 9 nitrogen and oxygen atoms in total. The van der Waals surface area contributed by atoms with E-state index in [9.17, 15) is 24.6 Å². The average Bonchev–Trinajstić information content (AvgIpc) is 2.98. The number of unbranched alkanes of at least 4 members (excludes halogenated alkanes) is 1. The minimum Gasteiger partial charge on any atom is -0.481 e. The lowest BCUT2D eigenvalue weighted by Crippen LogP contribution is -2.31. The third-order valence-electron chi connectivity index (χ3n) is 6.64. The average molecular weight is 580 g/mol. The molecule has 0 aliphatic carbocycles. The fraction of sp³-hybridized carbons (Fsp3) is 0.323. The van der Waals surface area contributed by atoms with Crippen molar-refractivity contribution in [2.75, 3.05) is 11.1 Å². The van der Waals surface area contributed by atoms with Gasteiger partial charge in [-0.25, -0.2) is 4.79 Å². The number of carbonyl (C=O) groups is 3. The lowest BCUT2D eigenvalue weighted by molar-refractivity contribution is -0.245. The number of nitrogens with one attached hydrogen (secondary N) is 1. The van der Waals surface area contributed by atoms with Crippen LogP contribution in [0, 0.1) is 0 Å². The summed E-state index contributed by atoms with van der Waals surface area (Å²) in [5.74, 6) is -1.56. The van der Waals surface area contributed by atoms with E-state index < -0.39 is 18.2 Å². The standard InChI is InChI=1S/C31H33NO8S/c33-18-20-12-14-21(15-13-20)26-17-24(19-41-27-9-2-1-8-25(27)30(37)38)39-31(40-26)22-6-5-7-23(16-22)32-28(34)10-3-4-11-29(35)36/h1-2,5-9,12-16,24,26,31,33H,3-4,10-11,17-19H2,(H,32,34)(H,35,36)(H,37,38)/t24-,26+,31+/m1/s1. The Kier molecular flexibility index (Phi) is 10.9. The minimum absolute atomic E-state index is 0.0321. The number of hydrogen-bond donors (Lipinski definition) is 4. The van der Waals surface area contributed by atoms with Crippen LogP contribution in [0.15, 0.2) is 77.7 Å². The molecule has 4 N–H and O–H groups in total. The summed E-state index contributed by atoms with van der Waals surface area (Å²) < 4.78 is 12.7. The second kappa shape index (κ2) is 14.8. The van der Waals surface area contributed by atoms with Crippen LogP contribution in [0.5, 0.6) is 0 Å². The second-order valence-electron chi connectivity index (χ2n) is 9.74. The SMILES string of the molecule is O=C(O)CCCCC(=O)Nc1cccc([C@H]2O[C@@H](CSc3ccccc3C(=O)O)C[C@@H](c3ccc(CO)cc3)O2)c1. The van der Waals surface area contributed by atoms with Gasteiger partial charge in [0.2, 0.25) is 5.91 Å². The summed E-state index contributed by atoms with van der Waals surface area (Å²) in [5.41, 5.74) is 3.26. The number of aromatic carboxylic acids is 1. The normalized spacial score (nSPS) is 18.5. The molecule has 3 atom stereocenters. The van der Waals surface area contributed by atoms with Crippen LogP contribution in [-0.4, -0.2) is 45.0 Å². The van der Waals surface area contributed by atoms with E-state index in [1.807, 2.05) is 30.3 Å². The Morgan fingerprint density at radius 3 is 2.37 bits per heavy atom. The van der Waals surface area contributed by atoms with Crippen LogP contribution in [0.3, 0.4) is 0 Å². The zero-order chi connectivity index (χ0) is 29.2. The quantitative estimate of drug-likeness (QED) is 0.146. The fourth-order valence-electron chi connectivity index (χ4n) is 4.52. The van der Waals surface area contributed by atoms with Gasteiger partial charge in [-0.2, -0.15) is 0 Å². The van der Waals surface area contributed by atoms with E-state index in [0.717, 1.165) is 11.1 Å². The molecule has 41 heavy (non-hydrogen) atoms. The van der Waals surface area contributed by atoms with E-state index in [0.29, 0.717) is 41.2 Å². The Balaban J connectivity index is 1.49. The highest BCUT2D eigenvalue weighted by Crippen LogP contribution is 2.40. The zero-order valence-electron chi connectivity index (χ0n) is 22.4. The van der Waals surface area contributed by atoms with E-state index in [2.05, 4.69) is 5.32 Å². The lowest BCUT2D eigenvalue weighted by Gasteiger charge is -2.36. The van der Waals surface area contributed by atoms with E-state index in [-0.39, 0.29) is 43.1 Å². The number of hydrogen-bond acceptors (Lipinski definition) is 7. The van der Waals surface area contributed by atoms with Crippen molar-refractivity contribution in [1.29, 1.82) is 0 Å². The Bertz CT molecular complexity index is 1350. The van der Waals surface area contributed by atoms with E-state index >= 15 is 0 Å². The van der Waals surface area contributed by atoms with Crippen LogP contribution in [0.1, 0.15) is 71.5 Å². The largest absolute Gasteiger partial charge is 0.481 e. The van der Waals surface area contributed by atoms with Crippen LogP contribution in [0.2, 0.25) is 0 Å². The molecule has 0 unspecified atom stereocenters. The van der Waals surface area contributed by atoms with Gasteiger partial charge >= 0.3 is 11.9 Å². The first kappa shape index (κ1) is 30.3. The van der Waals surface area contributed by atoms with Crippen LogP contribution in [0.25, 0.3) is 0 Å². The molecule has 1 amide bonds. The minimum atomic E-state index is -0.985. The van der Waals surface area contributed by atoms with Gasteiger partial charge in [0, 0.05) is 41.2 Å². The van der Waals surface area contributed by atoms with Crippen molar-refractivity contribution in [1.82, 2.24) is 0 Å². The zero-order valence-corrected chi connectivity index (χ0v) is 23.2. The molecule has 1 heterocycles. The molecule has 0 aromatic heterocycles. The van der Waals surface area contributed by atoms with Crippen molar-refractivity contribution in [2.45, 2.75) is 62.1 Å². The summed E-state index contributed by atoms with van der Waals surface area (Å²) in [6.07, 6.45) is 0.395. The highest BCUT2D eigenvalue weighted by atomic mass is 32.2. The van der Waals surface area contributed by atoms with Crippen LogP contribution in [-0.2, 0) is 25.7 Å². The number of carbonyl (C=O) groups excluding carboxylic acids is 1. The maximum atomic E-state index is 12.4. The summed E-state index contributed by atoms with van der Waals surface area (Å²) in [6.45, 7) is -0.0577. The molecule has 216 valence electrons. The molecular formula is C31H33NO8S. The van der Waals surface area contributed by atoms with Gasteiger partial charge in [-0.1, -0.05) is 48.5 Å². The molecule has 1 aliphatic rings. The highest BCUT2D eigenvalue weighted by molar-refractivity contribution is 7.99. The Morgan fingerprint density at radius 1 is 0.878 bits per heavy atom. The van der Waals surface area contributed by atoms with Crippen molar-refractivity contribution in [3.8, 4) is 0 Å². The summed E-state index contributed by atoms with van der Waals surface area (Å²) in [7, 11) is 0. The molecule has 1 aliphatic heterocycles. The number of anilines is 1. The Morgan fingerprint density at radius 2 is 1.63 bits per heavy atom. The van der Waals surface area contributed by atoms with Crippen molar-refractivity contribution >= 4 is 35.3 Å². The first-order valence-electron chi connectivity index (χ1n) is 13.4. The summed E-state index contributed by atoms with van der Waals surface area (Å²) in [5, 5.41) is 30.6. The summed E-state index contributed by atoms with van der Waals surface area (Å²) >= 11 is 1.42. The number of aliphatic hydroxyl groups excluding tert-OH is 1. The summed E-state index contributed by atoms with van der Waals surface area (Å²) in [6, 6.07) is 21.6. The van der Waals surface area contributed by atoms with Crippen molar-refractivity contribution in [3.63, 3.8) is 0 Å². The van der Waals surface area contributed by atoms with Gasteiger partial charge in [0.05, 0.1) is 24.4 Å². The maximum absolute atomic E-state index is 12.4. The Hall–Kier alpha value is -3.70. The van der Waals surface area contributed by atoms with Gasteiger partial charge in [-0.15, -0.1) is 11.8 Å². The van der Waals surface area contributed by atoms with Gasteiger partial charge < -0.3 is 30.1 Å². The molecule has 10 heteroatoms. The molecule has 4 rings (SSSR count). The molecule has 3 aromatic carbocycles. The molecule has 1 fully saturated rings. The van der Waals surface area contributed by atoms with Crippen molar-refractivity contribution in [2.24, 2.45) is 0 Å². The molecule has 1 saturated heterocycles. The second-order valence-corrected chi connectivity index (χ2v) is 10.8. The van der Waals surface area contributed by atoms with Gasteiger partial charge in [0.1, 0.15) is 0 Å². The molecule has 0 saturated carbocycles. The fourth-order valence-corrected chi connectivity index (χ4v) is 5.59. The van der Waals surface area contributed by atoms with Crippen LogP contribution < -0.4 is 5.32 Å². The molecule has 0 spiro atoms. The molecule has 0 radical (unpaired) electrons. The first-order chi connectivity index (χ1) is 19.8. The number of carboxylic acids is 2. The number of aliphatic carboxylic acids is 1. The van der Waals surface area contributed by atoms with Crippen molar-refractivity contribution < 1.29 is 39.2 Å². The van der Waals surface area contributed by atoms with Gasteiger partial charge in [0.15, 0.2) is 6.29 Å². The van der Waals surface area contributed by atoms with E-state index in [4.69, 9.17) is 14.6 Å². The van der Waals surface area contributed by atoms with E-state index in [1.165, 1.54) is 11.8 Å². The van der Waals surface area contributed by atoms with Crippen LogP contribution >= 0.6 is 11.8 Å². The smallest absolute Gasteiger partial charge is 0.336 e. The number of rotatable bonds is 13. The third kappa shape index (κ3) is 8.89. The molecule has 0 bridgehead atoms. The van der Waals surface area contributed by atoms with E-state index in [1.54, 1.807) is 42.5 Å². The number of aliphatic hydroxyl groups is 1.